The van der Waals surface area contributed by atoms with Crippen LogP contribution in [0.1, 0.15) is 6.92 Å². The van der Waals surface area contributed by atoms with Gasteiger partial charge in [-0.15, -0.1) is 0 Å². The number of benzene rings is 1. The molecule has 0 aliphatic carbocycles. The molecule has 0 aromatic heterocycles. The molecular weight excluding hydrogens is 218 g/mol. The highest BCUT2D eigenvalue weighted by atomic mass is 16.5. The predicted octanol–water partition coefficient (Wildman–Crippen LogP) is 0.602. The number of carbonyl (C=O) groups excluding carboxylic acids is 1. The van der Waals surface area contributed by atoms with E-state index in [1.165, 1.54) is 0 Å². The van der Waals surface area contributed by atoms with Crippen molar-refractivity contribution < 1.29 is 9.53 Å². The Balaban J connectivity index is 2.34. The van der Waals surface area contributed by atoms with Crippen molar-refractivity contribution in [2.45, 2.75) is 13.0 Å². The van der Waals surface area contributed by atoms with Crippen molar-refractivity contribution in [1.82, 2.24) is 5.32 Å². The molecule has 17 heavy (non-hydrogen) atoms. The Hall–Kier alpha value is -1.91. The fraction of sp³-hybridized carbons (Fsp3) is 0.417. The second-order valence-corrected chi connectivity index (χ2v) is 4.09. The smallest absolute Gasteiger partial charge is 0.242 e. The van der Waals surface area contributed by atoms with Crippen molar-refractivity contribution >= 4 is 17.3 Å². The van der Waals surface area contributed by atoms with Gasteiger partial charge in [-0.05, 0) is 19.1 Å². The standard InChI is InChI=1S/C12H17N3O2/c1-8-12(16)14-5-6-15(8)11-7-9(17-2)3-4-10(11)13/h3-4,7-8H,5-6,13H2,1-2H3,(H,14,16). The first-order chi connectivity index (χ1) is 8.13. The van der Waals surface area contributed by atoms with Crippen LogP contribution in [0.2, 0.25) is 0 Å². The first-order valence-electron chi connectivity index (χ1n) is 5.61. The number of anilines is 2. The van der Waals surface area contributed by atoms with Crippen molar-refractivity contribution in [3.8, 4) is 5.75 Å². The normalized spacial score (nSPS) is 20.0. The second-order valence-electron chi connectivity index (χ2n) is 4.09. The Kier molecular flexibility index (Phi) is 3.08. The number of rotatable bonds is 2. The Labute approximate surface area is 101 Å². The van der Waals surface area contributed by atoms with Crippen LogP contribution in [0, 0.1) is 0 Å². The number of hydrogen-bond donors (Lipinski definition) is 2. The number of hydrogen-bond acceptors (Lipinski definition) is 4. The van der Waals surface area contributed by atoms with Gasteiger partial charge in [-0.25, -0.2) is 0 Å². The number of amides is 1. The number of ether oxygens (including phenoxy) is 1. The SMILES string of the molecule is COc1ccc(N)c(N2CCNC(=O)C2C)c1. The van der Waals surface area contributed by atoms with Gasteiger partial charge in [0.2, 0.25) is 5.91 Å². The molecule has 1 aliphatic heterocycles. The van der Waals surface area contributed by atoms with Gasteiger partial charge in [-0.3, -0.25) is 4.79 Å². The fourth-order valence-corrected chi connectivity index (χ4v) is 2.01. The number of nitrogen functional groups attached to an aromatic ring is 1. The number of nitrogens with zero attached hydrogens (tertiary/aromatic N) is 1. The summed E-state index contributed by atoms with van der Waals surface area (Å²) < 4.78 is 5.18. The van der Waals surface area contributed by atoms with Gasteiger partial charge in [0.05, 0.1) is 18.5 Å². The molecule has 0 radical (unpaired) electrons. The molecule has 0 saturated carbocycles. The zero-order valence-electron chi connectivity index (χ0n) is 10.1. The number of carbonyl (C=O) groups is 1. The van der Waals surface area contributed by atoms with E-state index >= 15 is 0 Å². The monoisotopic (exact) mass is 235 g/mol. The topological polar surface area (TPSA) is 67.6 Å². The molecular formula is C12H17N3O2. The molecule has 2 rings (SSSR count). The molecule has 5 heteroatoms. The van der Waals surface area contributed by atoms with Crippen LogP contribution in [0.3, 0.4) is 0 Å². The maximum Gasteiger partial charge on any atom is 0.242 e. The lowest BCUT2D eigenvalue weighted by Gasteiger charge is -2.35. The van der Waals surface area contributed by atoms with Crippen LogP contribution in [0.15, 0.2) is 18.2 Å². The summed E-state index contributed by atoms with van der Waals surface area (Å²) in [6.45, 7) is 3.26. The van der Waals surface area contributed by atoms with Gasteiger partial charge in [0.15, 0.2) is 0 Å². The van der Waals surface area contributed by atoms with E-state index in [0.29, 0.717) is 12.2 Å². The summed E-state index contributed by atoms with van der Waals surface area (Å²) in [5, 5.41) is 2.83. The van der Waals surface area contributed by atoms with Gasteiger partial charge in [0.25, 0.3) is 0 Å². The largest absolute Gasteiger partial charge is 0.497 e. The van der Waals surface area contributed by atoms with Crippen LogP contribution in [0.4, 0.5) is 11.4 Å². The van der Waals surface area contributed by atoms with Gasteiger partial charge >= 0.3 is 0 Å². The van der Waals surface area contributed by atoms with Crippen molar-refractivity contribution in [2.75, 3.05) is 30.8 Å². The van der Waals surface area contributed by atoms with E-state index in [0.717, 1.165) is 18.0 Å². The molecule has 0 bridgehead atoms. The van der Waals surface area contributed by atoms with Crippen LogP contribution in [0.5, 0.6) is 5.75 Å². The Morgan fingerprint density at radius 1 is 1.53 bits per heavy atom. The summed E-state index contributed by atoms with van der Waals surface area (Å²) >= 11 is 0. The predicted molar refractivity (Wildman–Crippen MR) is 67.2 cm³/mol. The van der Waals surface area contributed by atoms with Crippen LogP contribution in [-0.4, -0.2) is 32.1 Å². The van der Waals surface area contributed by atoms with Gasteiger partial charge in [-0.2, -0.15) is 0 Å². The summed E-state index contributed by atoms with van der Waals surface area (Å²) in [6, 6.07) is 5.27. The molecule has 1 aromatic rings. The zero-order valence-corrected chi connectivity index (χ0v) is 10.1. The molecule has 1 saturated heterocycles. The van der Waals surface area contributed by atoms with E-state index in [4.69, 9.17) is 10.5 Å². The van der Waals surface area contributed by atoms with Crippen LogP contribution in [0.25, 0.3) is 0 Å². The Bertz CT molecular complexity index is 434. The maximum absolute atomic E-state index is 11.6. The fourth-order valence-electron chi connectivity index (χ4n) is 2.01. The summed E-state index contributed by atoms with van der Waals surface area (Å²) in [7, 11) is 1.61. The minimum Gasteiger partial charge on any atom is -0.497 e. The van der Waals surface area contributed by atoms with E-state index < -0.39 is 0 Å². The van der Waals surface area contributed by atoms with E-state index in [-0.39, 0.29) is 11.9 Å². The minimum absolute atomic E-state index is 0.0264. The van der Waals surface area contributed by atoms with Crippen LogP contribution >= 0.6 is 0 Å². The maximum atomic E-state index is 11.6. The molecule has 92 valence electrons. The molecule has 1 amide bonds. The lowest BCUT2D eigenvalue weighted by molar-refractivity contribution is -0.122. The van der Waals surface area contributed by atoms with E-state index in [1.54, 1.807) is 13.2 Å². The number of piperazine rings is 1. The number of methoxy groups -OCH3 is 1. The molecule has 5 nitrogen and oxygen atoms in total. The van der Waals surface area contributed by atoms with E-state index in [1.807, 2.05) is 24.0 Å². The summed E-state index contributed by atoms with van der Waals surface area (Å²) in [5.74, 6) is 0.769. The van der Waals surface area contributed by atoms with E-state index in [2.05, 4.69) is 5.32 Å². The molecule has 1 unspecified atom stereocenters. The highest BCUT2D eigenvalue weighted by Crippen LogP contribution is 2.30. The first kappa shape index (κ1) is 11.6. The molecule has 1 aromatic carbocycles. The second kappa shape index (κ2) is 4.53. The van der Waals surface area contributed by atoms with Crippen molar-refractivity contribution in [3.05, 3.63) is 18.2 Å². The summed E-state index contributed by atoms with van der Waals surface area (Å²) in [5.41, 5.74) is 7.47. The highest BCUT2D eigenvalue weighted by molar-refractivity contribution is 5.87. The third-order valence-corrected chi connectivity index (χ3v) is 3.05. The molecule has 1 atom stereocenters. The lowest BCUT2D eigenvalue weighted by Crippen LogP contribution is -2.54. The molecule has 1 heterocycles. The van der Waals surface area contributed by atoms with Crippen LogP contribution < -0.4 is 20.7 Å². The number of nitrogens with one attached hydrogen (secondary N) is 1. The Morgan fingerprint density at radius 3 is 3.00 bits per heavy atom. The van der Waals surface area contributed by atoms with Crippen LogP contribution in [-0.2, 0) is 4.79 Å². The minimum atomic E-state index is -0.210. The molecule has 0 spiro atoms. The zero-order chi connectivity index (χ0) is 12.4. The van der Waals surface area contributed by atoms with Gasteiger partial charge in [0, 0.05) is 19.2 Å². The highest BCUT2D eigenvalue weighted by Gasteiger charge is 2.26. The lowest BCUT2D eigenvalue weighted by atomic mass is 10.1. The average molecular weight is 235 g/mol. The van der Waals surface area contributed by atoms with E-state index in [9.17, 15) is 4.79 Å². The average Bonchev–Trinajstić information content (AvgIpc) is 2.34. The number of nitrogens with two attached hydrogens (primary N) is 1. The van der Waals surface area contributed by atoms with Gasteiger partial charge in [-0.1, -0.05) is 0 Å². The molecule has 1 aliphatic rings. The molecule has 3 N–H and O–H groups in total. The summed E-state index contributed by atoms with van der Waals surface area (Å²) in [6.07, 6.45) is 0. The summed E-state index contributed by atoms with van der Waals surface area (Å²) in [4.78, 5) is 13.6. The first-order valence-corrected chi connectivity index (χ1v) is 5.61. The third-order valence-electron chi connectivity index (χ3n) is 3.05. The van der Waals surface area contributed by atoms with Crippen molar-refractivity contribution in [3.63, 3.8) is 0 Å². The van der Waals surface area contributed by atoms with Crippen molar-refractivity contribution in [1.29, 1.82) is 0 Å². The van der Waals surface area contributed by atoms with Gasteiger partial charge < -0.3 is 20.7 Å². The Morgan fingerprint density at radius 2 is 2.29 bits per heavy atom. The van der Waals surface area contributed by atoms with Gasteiger partial charge in [0.1, 0.15) is 11.8 Å². The quantitative estimate of drug-likeness (QED) is 0.737. The van der Waals surface area contributed by atoms with Crippen molar-refractivity contribution in [2.24, 2.45) is 0 Å². The third kappa shape index (κ3) is 2.13. The molecule has 1 fully saturated rings.